The molecule has 12 heteroatoms. The van der Waals surface area contributed by atoms with Crippen molar-refractivity contribution in [2.45, 2.75) is 81.6 Å². The number of aliphatic hydroxyl groups is 1. The van der Waals surface area contributed by atoms with E-state index in [1.165, 1.54) is 11.1 Å². The minimum atomic E-state index is -4.08. The minimum Gasteiger partial charge on any atom is -0.490 e. The fraction of sp³-hybridized carbons (Fsp3) is 0.600. The summed E-state index contributed by atoms with van der Waals surface area (Å²) in [4.78, 5) is 29.1. The van der Waals surface area contributed by atoms with Crippen LogP contribution in [0.1, 0.15) is 73.9 Å². The Labute approximate surface area is 282 Å². The van der Waals surface area contributed by atoms with Crippen molar-refractivity contribution >= 4 is 39.2 Å². The molecule has 1 amide bonds. The first-order valence-electron chi connectivity index (χ1n) is 16.7. The van der Waals surface area contributed by atoms with Gasteiger partial charge in [-0.3, -0.25) is 14.5 Å². The van der Waals surface area contributed by atoms with E-state index in [0.717, 1.165) is 37.8 Å². The number of nitrogens with zero attached hydrogens (tertiary/aromatic N) is 2. The normalized spacial score (nSPS) is 32.3. The van der Waals surface area contributed by atoms with Crippen LogP contribution >= 0.6 is 11.6 Å². The van der Waals surface area contributed by atoms with Gasteiger partial charge in [0.05, 0.1) is 30.2 Å². The molecule has 4 aliphatic rings. The second-order valence-electron chi connectivity index (χ2n) is 14.4. The monoisotopic (exact) mass is 687 g/mol. The van der Waals surface area contributed by atoms with Gasteiger partial charge in [0.1, 0.15) is 5.75 Å². The third-order valence-electron chi connectivity index (χ3n) is 11.4. The van der Waals surface area contributed by atoms with E-state index in [-0.39, 0.29) is 35.4 Å². The number of anilines is 1. The van der Waals surface area contributed by atoms with Gasteiger partial charge >= 0.3 is 5.97 Å². The number of amides is 1. The lowest BCUT2D eigenvalue weighted by Crippen LogP contribution is -2.50. The van der Waals surface area contributed by atoms with Gasteiger partial charge in [-0.25, -0.2) is 13.1 Å². The zero-order valence-corrected chi connectivity index (χ0v) is 28.9. The second-order valence-corrected chi connectivity index (χ2v) is 16.9. The molecule has 0 radical (unpaired) electrons. The lowest BCUT2D eigenvalue weighted by atomic mass is 9.67. The molecule has 2 aliphatic carbocycles. The average Bonchev–Trinajstić information content (AvgIpc) is 3.14. The number of carboxylic acids is 1. The van der Waals surface area contributed by atoms with Crippen molar-refractivity contribution in [3.05, 3.63) is 58.1 Å². The van der Waals surface area contributed by atoms with Crippen molar-refractivity contribution in [1.29, 1.82) is 0 Å². The number of carbonyl (C=O) groups is 2. The number of aliphatic hydroxyl groups excluding tert-OH is 1. The molecule has 10 nitrogen and oxygen atoms in total. The van der Waals surface area contributed by atoms with Crippen molar-refractivity contribution in [2.75, 3.05) is 38.2 Å². The molecule has 6 rings (SSSR count). The number of ether oxygens (including phenoxy) is 1. The molecule has 0 saturated heterocycles. The Kier molecular flexibility index (Phi) is 9.56. The summed E-state index contributed by atoms with van der Waals surface area (Å²) in [6.07, 6.45) is 4.64. The Morgan fingerprint density at radius 3 is 2.68 bits per heavy atom. The highest BCUT2D eigenvalue weighted by atomic mass is 35.5. The lowest BCUT2D eigenvalue weighted by molar-refractivity contribution is -0.138. The molecule has 1 spiro atoms. The number of carboxylic acid groups (broad SMARTS) is 1. The standard InChI is InChI=1S/C35H46ClN3O7S/c1-21-13-27(38(3)18-33(41)42)16-31(40)28-9-6-25(28)17-39-19-35(12-4-5-23-14-26(36)8-10-29(23)35)20-46-32-11-7-24(15-30(32)39)34(43)37-47(44,45)22(21)2/h7-8,10-11,14-15,21-22,25,27-28,31,40H,4-6,9,12-13,16-20H2,1-3H3,(H,37,43)(H,41,42)/t21-,22+,25-,27+,28+,31-,35-/m0/s1. The van der Waals surface area contributed by atoms with Gasteiger partial charge < -0.3 is 19.8 Å². The third-order valence-corrected chi connectivity index (χ3v) is 13.6. The van der Waals surface area contributed by atoms with E-state index in [2.05, 4.69) is 15.7 Å². The molecule has 2 aromatic rings. The molecule has 1 saturated carbocycles. The van der Waals surface area contributed by atoms with Crippen LogP contribution in [0, 0.1) is 17.8 Å². The quantitative estimate of drug-likeness (QED) is 0.427. The van der Waals surface area contributed by atoms with E-state index in [0.29, 0.717) is 43.3 Å². The number of fused-ring (bicyclic) bond motifs is 4. The molecule has 0 aromatic heterocycles. The Bertz CT molecular complexity index is 1640. The maximum atomic E-state index is 13.5. The Morgan fingerprint density at radius 1 is 1.17 bits per heavy atom. The van der Waals surface area contributed by atoms with Gasteiger partial charge in [0.2, 0.25) is 10.0 Å². The summed E-state index contributed by atoms with van der Waals surface area (Å²) in [6.45, 7) is 4.86. The second kappa shape index (κ2) is 13.2. The van der Waals surface area contributed by atoms with Crippen LogP contribution in [0.4, 0.5) is 5.69 Å². The van der Waals surface area contributed by atoms with E-state index < -0.39 is 39.2 Å². The molecule has 47 heavy (non-hydrogen) atoms. The number of hydrogen-bond donors (Lipinski definition) is 3. The van der Waals surface area contributed by atoms with Gasteiger partial charge in [-0.1, -0.05) is 24.6 Å². The SMILES string of the molecule is C[C@@H]1[C@@H](C)C[C@@H](N(C)CC(=O)O)C[C@H](O)[C@@H]2CC[C@H]2CN2C[C@@]3(CCCc4cc(Cl)ccc43)COc3ccc(cc32)C(=O)NS1(=O)=O. The molecular formula is C35H46ClN3O7S. The first kappa shape index (κ1) is 34.0. The predicted octanol–water partition coefficient (Wildman–Crippen LogP) is 4.46. The summed E-state index contributed by atoms with van der Waals surface area (Å²) in [5.74, 6) is -1.29. The summed E-state index contributed by atoms with van der Waals surface area (Å²) in [7, 11) is -2.38. The number of aliphatic carboxylic acids is 1. The lowest BCUT2D eigenvalue weighted by Gasteiger charge is -2.46. The molecule has 2 aromatic carbocycles. The first-order chi connectivity index (χ1) is 22.3. The number of sulfonamides is 1. The van der Waals surface area contributed by atoms with Crippen LogP contribution in [0.5, 0.6) is 5.75 Å². The van der Waals surface area contributed by atoms with Crippen LogP contribution in [-0.4, -0.2) is 86.1 Å². The summed E-state index contributed by atoms with van der Waals surface area (Å²) in [6, 6.07) is 10.8. The summed E-state index contributed by atoms with van der Waals surface area (Å²) in [5, 5.41) is 21.0. The number of benzene rings is 2. The maximum absolute atomic E-state index is 13.5. The molecule has 2 heterocycles. The number of likely N-dealkylation sites (N-methyl/N-ethyl adjacent to an activating group) is 1. The predicted molar refractivity (Wildman–Crippen MR) is 181 cm³/mol. The van der Waals surface area contributed by atoms with E-state index in [1.807, 2.05) is 12.1 Å². The number of aryl methyl sites for hydroxylation is 1. The van der Waals surface area contributed by atoms with Gasteiger partial charge in [0, 0.05) is 35.1 Å². The molecule has 2 bridgehead atoms. The van der Waals surface area contributed by atoms with Crippen LogP contribution in [0.15, 0.2) is 36.4 Å². The fourth-order valence-electron chi connectivity index (χ4n) is 8.33. The van der Waals surface area contributed by atoms with Gasteiger partial charge in [-0.05, 0) is 118 Å². The van der Waals surface area contributed by atoms with E-state index in [4.69, 9.17) is 16.3 Å². The van der Waals surface area contributed by atoms with Gasteiger partial charge in [-0.2, -0.15) is 0 Å². The van der Waals surface area contributed by atoms with Gasteiger partial charge in [0.15, 0.2) is 0 Å². The van der Waals surface area contributed by atoms with Crippen molar-refractivity contribution < 1.29 is 33.0 Å². The highest BCUT2D eigenvalue weighted by molar-refractivity contribution is 7.90. The number of halogens is 1. The molecule has 2 aliphatic heterocycles. The topological polar surface area (TPSA) is 136 Å². The zero-order chi connectivity index (χ0) is 33.7. The third kappa shape index (κ3) is 6.86. The molecular weight excluding hydrogens is 642 g/mol. The Hall–Kier alpha value is -2.86. The molecule has 3 N–H and O–H groups in total. The van der Waals surface area contributed by atoms with Crippen LogP contribution < -0.4 is 14.4 Å². The Morgan fingerprint density at radius 2 is 1.96 bits per heavy atom. The summed E-state index contributed by atoms with van der Waals surface area (Å²) < 4.78 is 35.8. The Balaban J connectivity index is 1.40. The van der Waals surface area contributed by atoms with Crippen LogP contribution in [0.3, 0.4) is 0 Å². The highest BCUT2D eigenvalue weighted by Gasteiger charge is 2.45. The van der Waals surface area contributed by atoms with Crippen molar-refractivity contribution in [3.8, 4) is 5.75 Å². The van der Waals surface area contributed by atoms with Crippen molar-refractivity contribution in [2.24, 2.45) is 17.8 Å². The van der Waals surface area contributed by atoms with Crippen molar-refractivity contribution in [1.82, 2.24) is 9.62 Å². The largest absolute Gasteiger partial charge is 0.490 e. The first-order valence-corrected chi connectivity index (χ1v) is 18.7. The van der Waals surface area contributed by atoms with Gasteiger partial charge in [0.25, 0.3) is 5.91 Å². The minimum absolute atomic E-state index is 0.00703. The van der Waals surface area contributed by atoms with E-state index >= 15 is 0 Å². The van der Waals surface area contributed by atoms with Crippen LogP contribution in [0.25, 0.3) is 0 Å². The fourth-order valence-corrected chi connectivity index (χ4v) is 9.81. The molecule has 0 unspecified atom stereocenters. The zero-order valence-electron chi connectivity index (χ0n) is 27.3. The molecule has 1 fully saturated rings. The number of hydrogen-bond acceptors (Lipinski definition) is 8. The molecule has 7 atom stereocenters. The summed E-state index contributed by atoms with van der Waals surface area (Å²) in [5.41, 5.74) is 3.08. The maximum Gasteiger partial charge on any atom is 0.317 e. The van der Waals surface area contributed by atoms with Gasteiger partial charge in [-0.15, -0.1) is 0 Å². The summed E-state index contributed by atoms with van der Waals surface area (Å²) >= 11 is 6.41. The number of nitrogens with one attached hydrogen (secondary N) is 1. The van der Waals surface area contributed by atoms with Crippen LogP contribution in [-0.2, 0) is 26.7 Å². The van der Waals surface area contributed by atoms with Crippen molar-refractivity contribution in [3.63, 3.8) is 0 Å². The molecule has 256 valence electrons. The van der Waals surface area contributed by atoms with Crippen LogP contribution in [0.2, 0.25) is 5.02 Å². The highest BCUT2D eigenvalue weighted by Crippen LogP contribution is 2.47. The number of rotatable bonds is 3. The van der Waals surface area contributed by atoms with E-state index in [1.54, 1.807) is 44.0 Å². The van der Waals surface area contributed by atoms with E-state index in [9.17, 15) is 28.2 Å². The average molecular weight is 688 g/mol. The number of carbonyl (C=O) groups excluding carboxylic acids is 1. The smallest absolute Gasteiger partial charge is 0.317 e.